The summed E-state index contributed by atoms with van der Waals surface area (Å²) in [5.74, 6) is -0.326. The van der Waals surface area contributed by atoms with Gasteiger partial charge in [-0.2, -0.15) is 5.26 Å². The van der Waals surface area contributed by atoms with Crippen LogP contribution in [-0.4, -0.2) is 18.3 Å². The van der Waals surface area contributed by atoms with E-state index in [2.05, 4.69) is 5.32 Å². The van der Waals surface area contributed by atoms with E-state index in [1.165, 1.54) is 12.1 Å². The highest BCUT2D eigenvalue weighted by Gasteiger charge is 2.08. The minimum absolute atomic E-state index is 0.0284. The van der Waals surface area contributed by atoms with E-state index in [0.717, 1.165) is 0 Å². The lowest BCUT2D eigenvalue weighted by Crippen LogP contribution is -2.23. The van der Waals surface area contributed by atoms with Crippen molar-refractivity contribution in [2.45, 2.75) is 6.04 Å². The molecule has 0 bridgehead atoms. The average molecular weight is 194 g/mol. The predicted octanol–water partition coefficient (Wildman–Crippen LogP) is 0.972. The van der Waals surface area contributed by atoms with Gasteiger partial charge >= 0.3 is 0 Å². The van der Waals surface area contributed by atoms with Gasteiger partial charge in [-0.1, -0.05) is 12.1 Å². The molecule has 1 aromatic rings. The molecular formula is C10H11FN2O. The Hall–Kier alpha value is -1.44. The number of nitrogens with one attached hydrogen (secondary N) is 1. The Morgan fingerprint density at radius 3 is 2.57 bits per heavy atom. The van der Waals surface area contributed by atoms with Crippen molar-refractivity contribution < 1.29 is 9.50 Å². The molecule has 0 saturated heterocycles. The van der Waals surface area contributed by atoms with Gasteiger partial charge in [-0.05, 0) is 17.7 Å². The number of nitriles is 1. The Kier molecular flexibility index (Phi) is 4.05. The van der Waals surface area contributed by atoms with Gasteiger partial charge in [0, 0.05) is 6.54 Å². The molecule has 0 aliphatic heterocycles. The Labute approximate surface area is 81.8 Å². The molecule has 0 heterocycles. The molecule has 0 amide bonds. The first-order chi connectivity index (χ1) is 6.77. The highest BCUT2D eigenvalue weighted by atomic mass is 19.1. The maximum atomic E-state index is 12.6. The summed E-state index contributed by atoms with van der Waals surface area (Å²) in [6.07, 6.45) is 0. The van der Waals surface area contributed by atoms with E-state index in [1.54, 1.807) is 12.1 Å². The van der Waals surface area contributed by atoms with Crippen LogP contribution in [0.5, 0.6) is 0 Å². The van der Waals surface area contributed by atoms with Gasteiger partial charge < -0.3 is 5.11 Å². The van der Waals surface area contributed by atoms with E-state index >= 15 is 0 Å². The van der Waals surface area contributed by atoms with Crippen LogP contribution < -0.4 is 5.32 Å². The fraction of sp³-hybridized carbons (Fsp3) is 0.300. The van der Waals surface area contributed by atoms with Gasteiger partial charge in [-0.3, -0.25) is 5.32 Å². The van der Waals surface area contributed by atoms with Crippen LogP contribution in [0.25, 0.3) is 0 Å². The molecule has 14 heavy (non-hydrogen) atoms. The molecule has 1 aromatic carbocycles. The summed E-state index contributed by atoms with van der Waals surface area (Å²) in [4.78, 5) is 0. The van der Waals surface area contributed by atoms with Gasteiger partial charge in [0.2, 0.25) is 0 Å². The van der Waals surface area contributed by atoms with E-state index in [9.17, 15) is 4.39 Å². The summed E-state index contributed by atoms with van der Waals surface area (Å²) in [5.41, 5.74) is 0.697. The van der Waals surface area contributed by atoms with Crippen LogP contribution in [0.1, 0.15) is 11.6 Å². The Morgan fingerprint density at radius 1 is 1.43 bits per heavy atom. The highest BCUT2D eigenvalue weighted by Crippen LogP contribution is 2.12. The molecule has 0 saturated carbocycles. The van der Waals surface area contributed by atoms with Crippen molar-refractivity contribution in [3.63, 3.8) is 0 Å². The summed E-state index contributed by atoms with van der Waals surface area (Å²) in [6.45, 7) is 0.314. The molecule has 0 fully saturated rings. The maximum absolute atomic E-state index is 12.6. The smallest absolute Gasteiger partial charge is 0.123 e. The summed E-state index contributed by atoms with van der Waals surface area (Å²) in [5, 5.41) is 20.2. The molecule has 0 aromatic heterocycles. The van der Waals surface area contributed by atoms with Gasteiger partial charge in [-0.15, -0.1) is 0 Å². The molecule has 1 unspecified atom stereocenters. The minimum atomic E-state index is -0.497. The topological polar surface area (TPSA) is 56.0 Å². The Balaban J connectivity index is 2.70. The number of hydrogen-bond donors (Lipinski definition) is 2. The first kappa shape index (κ1) is 10.6. The van der Waals surface area contributed by atoms with Gasteiger partial charge in [0.05, 0.1) is 12.7 Å². The van der Waals surface area contributed by atoms with Crippen molar-refractivity contribution in [3.05, 3.63) is 35.6 Å². The number of nitrogens with zero attached hydrogens (tertiary/aromatic N) is 1. The maximum Gasteiger partial charge on any atom is 0.123 e. The SMILES string of the molecule is N#CC(NCCO)c1ccc(F)cc1. The van der Waals surface area contributed by atoms with Crippen LogP contribution in [-0.2, 0) is 0 Å². The number of halogens is 1. The van der Waals surface area contributed by atoms with Crippen molar-refractivity contribution in [2.75, 3.05) is 13.2 Å². The van der Waals surface area contributed by atoms with Crippen LogP contribution >= 0.6 is 0 Å². The molecule has 0 aliphatic rings. The molecule has 74 valence electrons. The quantitative estimate of drug-likeness (QED) is 0.751. The fourth-order valence-electron chi connectivity index (χ4n) is 1.10. The second-order valence-electron chi connectivity index (χ2n) is 2.79. The highest BCUT2D eigenvalue weighted by molar-refractivity contribution is 5.24. The van der Waals surface area contributed by atoms with Crippen LogP contribution in [0.3, 0.4) is 0 Å². The third-order valence-corrected chi connectivity index (χ3v) is 1.79. The second kappa shape index (κ2) is 5.32. The monoisotopic (exact) mass is 194 g/mol. The lowest BCUT2D eigenvalue weighted by molar-refractivity contribution is 0.289. The van der Waals surface area contributed by atoms with Gasteiger partial charge in [0.1, 0.15) is 11.9 Å². The van der Waals surface area contributed by atoms with Crippen LogP contribution in [0.4, 0.5) is 4.39 Å². The molecule has 1 rings (SSSR count). The van der Waals surface area contributed by atoms with E-state index in [1.807, 2.05) is 6.07 Å². The zero-order valence-corrected chi connectivity index (χ0v) is 7.57. The fourth-order valence-corrected chi connectivity index (χ4v) is 1.10. The third-order valence-electron chi connectivity index (χ3n) is 1.79. The number of rotatable bonds is 4. The van der Waals surface area contributed by atoms with Crippen molar-refractivity contribution in [3.8, 4) is 6.07 Å². The molecule has 1 atom stereocenters. The summed E-state index contributed by atoms with van der Waals surface area (Å²) in [7, 11) is 0. The molecule has 4 heteroatoms. The first-order valence-electron chi connectivity index (χ1n) is 4.27. The minimum Gasteiger partial charge on any atom is -0.395 e. The Bertz CT molecular complexity index is 318. The first-order valence-corrected chi connectivity index (χ1v) is 4.27. The standard InChI is InChI=1S/C10H11FN2O/c11-9-3-1-8(2-4-9)10(7-12)13-5-6-14/h1-4,10,13-14H,5-6H2. The molecular weight excluding hydrogens is 183 g/mol. The van der Waals surface area contributed by atoms with Gasteiger partial charge in [-0.25, -0.2) is 4.39 Å². The van der Waals surface area contributed by atoms with Gasteiger partial charge in [0.15, 0.2) is 0 Å². The summed E-state index contributed by atoms with van der Waals surface area (Å²) in [6, 6.07) is 7.24. The normalized spacial score (nSPS) is 12.1. The molecule has 0 spiro atoms. The van der Waals surface area contributed by atoms with E-state index < -0.39 is 6.04 Å². The average Bonchev–Trinajstić information content (AvgIpc) is 2.21. The second-order valence-corrected chi connectivity index (χ2v) is 2.79. The lowest BCUT2D eigenvalue weighted by Gasteiger charge is -2.10. The van der Waals surface area contributed by atoms with Crippen molar-refractivity contribution >= 4 is 0 Å². The summed E-state index contributed by atoms with van der Waals surface area (Å²) >= 11 is 0. The zero-order valence-electron chi connectivity index (χ0n) is 7.57. The third kappa shape index (κ3) is 2.80. The van der Waals surface area contributed by atoms with E-state index in [-0.39, 0.29) is 12.4 Å². The summed E-state index contributed by atoms with van der Waals surface area (Å²) < 4.78 is 12.6. The zero-order chi connectivity index (χ0) is 10.4. The number of hydrogen-bond acceptors (Lipinski definition) is 3. The van der Waals surface area contributed by atoms with Crippen molar-refractivity contribution in [1.82, 2.24) is 5.32 Å². The predicted molar refractivity (Wildman–Crippen MR) is 49.8 cm³/mol. The lowest BCUT2D eigenvalue weighted by atomic mass is 10.1. The number of aliphatic hydroxyl groups excluding tert-OH is 1. The van der Waals surface area contributed by atoms with Gasteiger partial charge in [0.25, 0.3) is 0 Å². The van der Waals surface area contributed by atoms with Crippen molar-refractivity contribution in [2.24, 2.45) is 0 Å². The Morgan fingerprint density at radius 2 is 2.07 bits per heavy atom. The molecule has 2 N–H and O–H groups in total. The van der Waals surface area contributed by atoms with Crippen LogP contribution in [0, 0.1) is 17.1 Å². The number of benzene rings is 1. The van der Waals surface area contributed by atoms with Crippen LogP contribution in [0.15, 0.2) is 24.3 Å². The van der Waals surface area contributed by atoms with Crippen molar-refractivity contribution in [1.29, 1.82) is 5.26 Å². The molecule has 0 aliphatic carbocycles. The molecule has 3 nitrogen and oxygen atoms in total. The largest absolute Gasteiger partial charge is 0.395 e. The van der Waals surface area contributed by atoms with E-state index in [0.29, 0.717) is 12.1 Å². The number of aliphatic hydroxyl groups is 1. The van der Waals surface area contributed by atoms with E-state index in [4.69, 9.17) is 10.4 Å². The molecule has 0 radical (unpaired) electrons. The van der Waals surface area contributed by atoms with Crippen LogP contribution in [0.2, 0.25) is 0 Å².